The van der Waals surface area contributed by atoms with Crippen LogP contribution < -0.4 is 21.7 Å². The summed E-state index contributed by atoms with van der Waals surface area (Å²) < 4.78 is 0. The van der Waals surface area contributed by atoms with Crippen molar-refractivity contribution < 1.29 is 24.0 Å². The van der Waals surface area contributed by atoms with Crippen LogP contribution in [0.5, 0.6) is 0 Å². The Labute approximate surface area is 195 Å². The van der Waals surface area contributed by atoms with E-state index in [0.717, 1.165) is 19.3 Å². The van der Waals surface area contributed by atoms with Gasteiger partial charge in [-0.05, 0) is 12.3 Å². The minimum absolute atomic E-state index is 0.0815. The van der Waals surface area contributed by atoms with Gasteiger partial charge in [-0.15, -0.1) is 0 Å². The fourth-order valence-electron chi connectivity index (χ4n) is 2.76. The predicted octanol–water partition coefficient (Wildman–Crippen LogP) is 0.612. The number of ketones is 1. The van der Waals surface area contributed by atoms with Crippen molar-refractivity contribution in [1.82, 2.24) is 16.0 Å². The standard InChI is InChI=1S/C22H36N4O5S/c1-2-3-4-5-6-7-8-9-10-11-20(29)26-18(16-32)22(31)25-15-21(30)24-14-17(27)12-13-19(23)28/h18,32H,2-11,14-16H2,1H3,(H2,23,28)(H,24,30)(H,25,31)(H,26,29)/t18-/m0/s1. The molecule has 10 heteroatoms. The smallest absolute Gasteiger partial charge is 0.293 e. The van der Waals surface area contributed by atoms with E-state index >= 15 is 0 Å². The highest BCUT2D eigenvalue weighted by molar-refractivity contribution is 7.80. The van der Waals surface area contributed by atoms with Gasteiger partial charge in [0.1, 0.15) is 6.04 Å². The van der Waals surface area contributed by atoms with Gasteiger partial charge in [0.25, 0.3) is 5.91 Å². The number of Topliss-reactive ketones (excluding diaryl/α,β-unsaturated/α-hetero) is 1. The third-order valence-corrected chi connectivity index (χ3v) is 4.90. The topological polar surface area (TPSA) is 147 Å². The first-order chi connectivity index (χ1) is 15.3. The number of nitrogens with two attached hydrogens (primary N) is 1. The van der Waals surface area contributed by atoms with Gasteiger partial charge in [-0.2, -0.15) is 12.6 Å². The third-order valence-electron chi connectivity index (χ3n) is 4.54. The number of hydrogen-bond donors (Lipinski definition) is 5. The summed E-state index contributed by atoms with van der Waals surface area (Å²) in [6.45, 7) is 1.40. The molecule has 0 radical (unpaired) electrons. The molecule has 0 unspecified atom stereocenters. The van der Waals surface area contributed by atoms with Crippen LogP contribution in [0, 0.1) is 11.8 Å². The maximum absolute atomic E-state index is 12.2. The molecule has 32 heavy (non-hydrogen) atoms. The number of rotatable bonds is 17. The number of nitrogens with one attached hydrogen (secondary N) is 3. The molecule has 5 N–H and O–H groups in total. The Hall–Kier alpha value is -2.54. The molecule has 9 nitrogen and oxygen atoms in total. The number of thiol groups is 1. The van der Waals surface area contributed by atoms with Crippen LogP contribution in [0.25, 0.3) is 0 Å². The molecular weight excluding hydrogens is 432 g/mol. The molecule has 0 aliphatic rings. The maximum atomic E-state index is 12.2. The Kier molecular flexibility index (Phi) is 17.6. The first-order valence-electron chi connectivity index (χ1n) is 11.1. The zero-order valence-electron chi connectivity index (χ0n) is 18.8. The average Bonchev–Trinajstić information content (AvgIpc) is 2.76. The summed E-state index contributed by atoms with van der Waals surface area (Å²) in [4.78, 5) is 57.7. The van der Waals surface area contributed by atoms with Crippen molar-refractivity contribution in [1.29, 1.82) is 0 Å². The lowest BCUT2D eigenvalue weighted by Gasteiger charge is -2.16. The van der Waals surface area contributed by atoms with Crippen molar-refractivity contribution in [2.24, 2.45) is 5.73 Å². The second-order valence-electron chi connectivity index (χ2n) is 7.41. The Bertz CT molecular complexity index is 688. The molecule has 0 bridgehead atoms. The van der Waals surface area contributed by atoms with Crippen molar-refractivity contribution >= 4 is 42.0 Å². The molecule has 4 amide bonds. The van der Waals surface area contributed by atoms with Gasteiger partial charge >= 0.3 is 0 Å². The molecule has 180 valence electrons. The Morgan fingerprint density at radius 3 is 1.97 bits per heavy atom. The van der Waals surface area contributed by atoms with Gasteiger partial charge in [-0.25, -0.2) is 0 Å². The number of unbranched alkanes of at least 4 members (excludes halogenated alkanes) is 8. The first kappa shape index (κ1) is 29.5. The summed E-state index contributed by atoms with van der Waals surface area (Å²) in [5.74, 6) is 0.871. The van der Waals surface area contributed by atoms with Gasteiger partial charge in [0.05, 0.1) is 13.1 Å². The van der Waals surface area contributed by atoms with Gasteiger partial charge in [0, 0.05) is 18.1 Å². The predicted molar refractivity (Wildman–Crippen MR) is 126 cm³/mol. The summed E-state index contributed by atoms with van der Waals surface area (Å²) in [5, 5.41) is 7.25. The number of carbonyl (C=O) groups is 5. The second kappa shape index (κ2) is 19.2. The van der Waals surface area contributed by atoms with E-state index in [-0.39, 0.29) is 18.2 Å². The van der Waals surface area contributed by atoms with E-state index in [0.29, 0.717) is 6.42 Å². The summed E-state index contributed by atoms with van der Waals surface area (Å²) in [6, 6.07) is -0.861. The number of amides is 4. The Balaban J connectivity index is 4.02. The molecule has 0 aromatic heterocycles. The monoisotopic (exact) mass is 468 g/mol. The van der Waals surface area contributed by atoms with Crippen LogP contribution in [0.3, 0.4) is 0 Å². The lowest BCUT2D eigenvalue weighted by molar-refractivity contribution is -0.130. The van der Waals surface area contributed by atoms with E-state index in [9.17, 15) is 24.0 Å². The lowest BCUT2D eigenvalue weighted by Crippen LogP contribution is -2.50. The van der Waals surface area contributed by atoms with Crippen LogP contribution in [0.2, 0.25) is 0 Å². The quantitative estimate of drug-likeness (QED) is 0.0918. The number of carbonyl (C=O) groups excluding carboxylic acids is 5. The molecule has 0 aliphatic carbocycles. The van der Waals surface area contributed by atoms with Crippen LogP contribution in [0.1, 0.15) is 71.1 Å². The SMILES string of the molecule is CCCCCCCCCCCC(=O)N[C@@H](CS)C(=O)NCC(=O)NCC(=O)C#CC(N)=O. The lowest BCUT2D eigenvalue weighted by atomic mass is 10.1. The Morgan fingerprint density at radius 2 is 1.41 bits per heavy atom. The van der Waals surface area contributed by atoms with Gasteiger partial charge in [0.15, 0.2) is 0 Å². The van der Waals surface area contributed by atoms with Gasteiger partial charge in [0.2, 0.25) is 23.5 Å². The molecule has 0 aromatic carbocycles. The molecule has 0 aromatic rings. The van der Waals surface area contributed by atoms with E-state index in [4.69, 9.17) is 5.73 Å². The molecule has 0 rings (SSSR count). The van der Waals surface area contributed by atoms with Crippen molar-refractivity contribution in [3.63, 3.8) is 0 Å². The summed E-state index contributed by atoms with van der Waals surface area (Å²) >= 11 is 4.08. The third kappa shape index (κ3) is 17.2. The van der Waals surface area contributed by atoms with Crippen molar-refractivity contribution in [2.45, 2.75) is 77.2 Å². The van der Waals surface area contributed by atoms with Crippen LogP contribution in [0.15, 0.2) is 0 Å². The largest absolute Gasteiger partial charge is 0.359 e. The average molecular weight is 469 g/mol. The minimum Gasteiger partial charge on any atom is -0.359 e. The van der Waals surface area contributed by atoms with E-state index in [2.05, 4.69) is 35.5 Å². The molecular formula is C22H36N4O5S. The van der Waals surface area contributed by atoms with Crippen molar-refractivity contribution in [3.05, 3.63) is 0 Å². The zero-order valence-corrected chi connectivity index (χ0v) is 19.7. The van der Waals surface area contributed by atoms with Crippen LogP contribution in [-0.4, -0.2) is 54.3 Å². The molecule has 0 saturated carbocycles. The highest BCUT2D eigenvalue weighted by Crippen LogP contribution is 2.10. The van der Waals surface area contributed by atoms with Crippen molar-refractivity contribution in [2.75, 3.05) is 18.8 Å². The van der Waals surface area contributed by atoms with E-state index < -0.39 is 36.1 Å². The van der Waals surface area contributed by atoms with E-state index in [1.807, 2.05) is 11.8 Å². The molecule has 0 heterocycles. The van der Waals surface area contributed by atoms with Crippen LogP contribution in [0.4, 0.5) is 0 Å². The summed E-state index contributed by atoms with van der Waals surface area (Å²) in [7, 11) is 0. The minimum atomic E-state index is -0.949. The molecule has 0 aliphatic heterocycles. The highest BCUT2D eigenvalue weighted by Gasteiger charge is 2.19. The molecule has 1 atom stereocenters. The molecule has 0 saturated heterocycles. The van der Waals surface area contributed by atoms with Gasteiger partial charge < -0.3 is 21.7 Å². The van der Waals surface area contributed by atoms with Gasteiger partial charge in [-0.1, -0.05) is 58.3 Å². The van der Waals surface area contributed by atoms with E-state index in [1.165, 1.54) is 38.5 Å². The van der Waals surface area contributed by atoms with Crippen LogP contribution in [-0.2, 0) is 24.0 Å². The fourth-order valence-corrected chi connectivity index (χ4v) is 3.02. The fraction of sp³-hybridized carbons (Fsp3) is 0.682. The highest BCUT2D eigenvalue weighted by atomic mass is 32.1. The first-order valence-corrected chi connectivity index (χ1v) is 11.7. The molecule has 0 fully saturated rings. The van der Waals surface area contributed by atoms with Crippen molar-refractivity contribution in [3.8, 4) is 11.8 Å². The van der Waals surface area contributed by atoms with Crippen LogP contribution >= 0.6 is 12.6 Å². The zero-order chi connectivity index (χ0) is 24.2. The summed E-state index contributed by atoms with van der Waals surface area (Å²) in [5.41, 5.74) is 4.78. The number of primary amides is 1. The summed E-state index contributed by atoms with van der Waals surface area (Å²) in [6.07, 6.45) is 10.7. The second-order valence-corrected chi connectivity index (χ2v) is 7.78. The van der Waals surface area contributed by atoms with E-state index in [1.54, 1.807) is 0 Å². The maximum Gasteiger partial charge on any atom is 0.293 e. The normalized spacial score (nSPS) is 10.9. The molecule has 0 spiro atoms. The number of hydrogen-bond acceptors (Lipinski definition) is 6. The Morgan fingerprint density at radius 1 is 0.812 bits per heavy atom. The van der Waals surface area contributed by atoms with Gasteiger partial charge in [-0.3, -0.25) is 24.0 Å².